The van der Waals surface area contributed by atoms with Crippen molar-refractivity contribution in [2.75, 3.05) is 5.32 Å². The predicted molar refractivity (Wildman–Crippen MR) is 134 cm³/mol. The van der Waals surface area contributed by atoms with E-state index in [-0.39, 0.29) is 5.91 Å². The highest BCUT2D eigenvalue weighted by molar-refractivity contribution is 6.09. The van der Waals surface area contributed by atoms with E-state index in [2.05, 4.69) is 10.6 Å². The highest BCUT2D eigenvalue weighted by atomic mass is 19.4. The first-order chi connectivity index (χ1) is 17.2. The normalized spacial score (nSPS) is 11.1. The summed E-state index contributed by atoms with van der Waals surface area (Å²) in [5, 5.41) is 5.67. The Morgan fingerprint density at radius 2 is 1.47 bits per heavy atom. The lowest BCUT2D eigenvalue weighted by atomic mass is 9.98. The first-order valence-corrected chi connectivity index (χ1v) is 11.2. The average molecular weight is 489 g/mol. The van der Waals surface area contributed by atoms with Crippen LogP contribution in [0.25, 0.3) is 11.1 Å². The number of nitrogens with one attached hydrogen (secondary N) is 2. The summed E-state index contributed by atoms with van der Waals surface area (Å²) in [5.74, 6) is -0.720. The van der Waals surface area contributed by atoms with Gasteiger partial charge in [-0.2, -0.15) is 13.2 Å². The highest BCUT2D eigenvalue weighted by Crippen LogP contribution is 2.32. The van der Waals surface area contributed by atoms with Gasteiger partial charge in [-0.05, 0) is 65.6 Å². The van der Waals surface area contributed by atoms with Crippen LogP contribution in [0.15, 0.2) is 97.1 Å². The van der Waals surface area contributed by atoms with Gasteiger partial charge in [0.1, 0.15) is 0 Å². The molecule has 0 saturated carbocycles. The lowest BCUT2D eigenvalue weighted by Crippen LogP contribution is -2.23. The molecule has 36 heavy (non-hydrogen) atoms. The summed E-state index contributed by atoms with van der Waals surface area (Å²) in [4.78, 5) is 25.7. The molecule has 0 aliphatic rings. The third-order valence-electron chi connectivity index (χ3n) is 5.78. The second kappa shape index (κ2) is 10.5. The van der Waals surface area contributed by atoms with Crippen LogP contribution in [0.5, 0.6) is 0 Å². The molecule has 4 rings (SSSR count). The maximum Gasteiger partial charge on any atom is 0.416 e. The maximum atomic E-state index is 13.1. The molecule has 0 aromatic heterocycles. The predicted octanol–water partition coefficient (Wildman–Crippen LogP) is 6.86. The van der Waals surface area contributed by atoms with Gasteiger partial charge < -0.3 is 10.6 Å². The monoisotopic (exact) mass is 488 g/mol. The van der Waals surface area contributed by atoms with Crippen LogP contribution in [0.2, 0.25) is 0 Å². The van der Waals surface area contributed by atoms with Crippen LogP contribution < -0.4 is 10.6 Å². The van der Waals surface area contributed by atoms with E-state index in [4.69, 9.17) is 0 Å². The molecule has 0 heterocycles. The van der Waals surface area contributed by atoms with E-state index in [0.29, 0.717) is 34.5 Å². The SMILES string of the molecule is Cc1ccccc1CNC(=O)c1cccc(NC(=O)c2ccccc2-c2ccc(C(F)(F)F)cc2)c1. The first-order valence-electron chi connectivity index (χ1n) is 11.2. The number of benzene rings is 4. The molecule has 4 aromatic carbocycles. The van der Waals surface area contributed by atoms with Crippen molar-refractivity contribution >= 4 is 17.5 Å². The quantitative estimate of drug-likeness (QED) is 0.311. The molecule has 2 N–H and O–H groups in total. The van der Waals surface area contributed by atoms with Crippen LogP contribution >= 0.6 is 0 Å². The van der Waals surface area contributed by atoms with Gasteiger partial charge in [-0.1, -0.05) is 60.7 Å². The van der Waals surface area contributed by atoms with Gasteiger partial charge in [0, 0.05) is 23.4 Å². The summed E-state index contributed by atoms with van der Waals surface area (Å²) in [6.45, 7) is 2.35. The van der Waals surface area contributed by atoms with Crippen molar-refractivity contribution in [3.63, 3.8) is 0 Å². The number of aryl methyl sites for hydroxylation is 1. The van der Waals surface area contributed by atoms with Gasteiger partial charge >= 0.3 is 6.18 Å². The van der Waals surface area contributed by atoms with Crippen LogP contribution in [0, 0.1) is 6.92 Å². The molecule has 2 amide bonds. The van der Waals surface area contributed by atoms with Gasteiger partial charge in [0.15, 0.2) is 0 Å². The fourth-order valence-corrected chi connectivity index (χ4v) is 3.79. The molecular formula is C29H23F3N2O2. The van der Waals surface area contributed by atoms with Crippen molar-refractivity contribution < 1.29 is 22.8 Å². The van der Waals surface area contributed by atoms with Gasteiger partial charge in [-0.3, -0.25) is 9.59 Å². The smallest absolute Gasteiger partial charge is 0.348 e. The Morgan fingerprint density at radius 3 is 2.19 bits per heavy atom. The average Bonchev–Trinajstić information content (AvgIpc) is 2.88. The second-order valence-electron chi connectivity index (χ2n) is 8.26. The van der Waals surface area contributed by atoms with Crippen LogP contribution in [-0.4, -0.2) is 11.8 Å². The number of amides is 2. The Hall–Kier alpha value is -4.39. The molecule has 0 bridgehead atoms. The molecule has 0 spiro atoms. The molecule has 7 heteroatoms. The minimum absolute atomic E-state index is 0.278. The van der Waals surface area contributed by atoms with Crippen molar-refractivity contribution in [3.05, 3.63) is 125 Å². The maximum absolute atomic E-state index is 13.1. The molecule has 182 valence electrons. The number of carbonyl (C=O) groups excluding carboxylic acids is 2. The lowest BCUT2D eigenvalue weighted by molar-refractivity contribution is -0.137. The van der Waals surface area contributed by atoms with E-state index >= 15 is 0 Å². The Labute approximate surface area is 206 Å². The van der Waals surface area contributed by atoms with E-state index in [1.54, 1.807) is 48.5 Å². The number of alkyl halides is 3. The summed E-state index contributed by atoms with van der Waals surface area (Å²) >= 11 is 0. The lowest BCUT2D eigenvalue weighted by Gasteiger charge is -2.13. The molecule has 4 aromatic rings. The molecule has 0 aliphatic carbocycles. The fraction of sp³-hybridized carbons (Fsp3) is 0.103. The molecule has 0 aliphatic heterocycles. The molecule has 0 fully saturated rings. The Bertz CT molecular complexity index is 1400. The van der Waals surface area contributed by atoms with E-state index in [9.17, 15) is 22.8 Å². The molecule has 0 saturated heterocycles. The zero-order valence-electron chi connectivity index (χ0n) is 19.4. The molecule has 4 nitrogen and oxygen atoms in total. The van der Waals surface area contributed by atoms with Crippen molar-refractivity contribution in [1.82, 2.24) is 5.32 Å². The zero-order chi connectivity index (χ0) is 25.7. The van der Waals surface area contributed by atoms with Crippen LogP contribution in [0.3, 0.4) is 0 Å². The van der Waals surface area contributed by atoms with Gasteiger partial charge in [-0.15, -0.1) is 0 Å². The van der Waals surface area contributed by atoms with Gasteiger partial charge in [0.25, 0.3) is 11.8 Å². The summed E-state index contributed by atoms with van der Waals surface area (Å²) in [6, 6.07) is 25.6. The third kappa shape index (κ3) is 5.81. The number of anilines is 1. The Kier molecular flexibility index (Phi) is 7.20. The summed E-state index contributed by atoms with van der Waals surface area (Å²) in [5.41, 5.74) is 3.41. The largest absolute Gasteiger partial charge is 0.416 e. The first kappa shape index (κ1) is 24.7. The number of hydrogen-bond donors (Lipinski definition) is 2. The van der Waals surface area contributed by atoms with Gasteiger partial charge in [0.05, 0.1) is 5.56 Å². The van der Waals surface area contributed by atoms with Crippen LogP contribution in [0.1, 0.15) is 37.4 Å². The number of hydrogen-bond acceptors (Lipinski definition) is 2. The third-order valence-corrected chi connectivity index (χ3v) is 5.78. The Morgan fingerprint density at radius 1 is 0.778 bits per heavy atom. The van der Waals surface area contributed by atoms with Gasteiger partial charge in [-0.25, -0.2) is 0 Å². The van der Waals surface area contributed by atoms with E-state index in [0.717, 1.165) is 23.3 Å². The van der Waals surface area contributed by atoms with Crippen molar-refractivity contribution in [2.45, 2.75) is 19.6 Å². The highest BCUT2D eigenvalue weighted by Gasteiger charge is 2.30. The topological polar surface area (TPSA) is 58.2 Å². The molecule has 0 unspecified atom stereocenters. The van der Waals surface area contributed by atoms with E-state index in [1.165, 1.54) is 12.1 Å². The summed E-state index contributed by atoms with van der Waals surface area (Å²) in [6.07, 6.45) is -4.44. The number of halogens is 3. The standard InChI is InChI=1S/C29H23F3N2O2/c1-19-7-2-3-8-22(19)18-33-27(35)21-9-6-10-24(17-21)34-28(36)26-12-5-4-11-25(26)20-13-15-23(16-14-20)29(30,31)32/h2-17H,18H2,1H3,(H,33,35)(H,34,36). The molecular weight excluding hydrogens is 465 g/mol. The Balaban J connectivity index is 1.49. The minimum atomic E-state index is -4.44. The minimum Gasteiger partial charge on any atom is -0.348 e. The molecule has 0 radical (unpaired) electrons. The van der Waals surface area contributed by atoms with E-state index in [1.807, 2.05) is 31.2 Å². The van der Waals surface area contributed by atoms with Crippen molar-refractivity contribution in [3.8, 4) is 11.1 Å². The summed E-state index contributed by atoms with van der Waals surface area (Å²) < 4.78 is 38.8. The van der Waals surface area contributed by atoms with Gasteiger partial charge in [0.2, 0.25) is 0 Å². The second-order valence-corrected chi connectivity index (χ2v) is 8.26. The summed E-state index contributed by atoms with van der Waals surface area (Å²) in [7, 11) is 0. The molecule has 0 atom stereocenters. The van der Waals surface area contributed by atoms with Crippen molar-refractivity contribution in [2.24, 2.45) is 0 Å². The number of rotatable bonds is 6. The van der Waals surface area contributed by atoms with E-state index < -0.39 is 17.6 Å². The van der Waals surface area contributed by atoms with Crippen LogP contribution in [-0.2, 0) is 12.7 Å². The van der Waals surface area contributed by atoms with Crippen molar-refractivity contribution in [1.29, 1.82) is 0 Å². The van der Waals surface area contributed by atoms with Crippen LogP contribution in [0.4, 0.5) is 18.9 Å². The fourth-order valence-electron chi connectivity index (χ4n) is 3.79. The zero-order valence-corrected chi connectivity index (χ0v) is 19.4. The number of carbonyl (C=O) groups is 2.